The number of aliphatic hydroxyl groups is 2. The molecule has 0 saturated carbocycles. The lowest BCUT2D eigenvalue weighted by atomic mass is 10.1. The van der Waals surface area contributed by atoms with Crippen LogP contribution in [0.4, 0.5) is 0 Å². The summed E-state index contributed by atoms with van der Waals surface area (Å²) in [6.45, 7) is 7.54. The van der Waals surface area contributed by atoms with E-state index in [9.17, 15) is 10.2 Å². The first-order chi connectivity index (χ1) is 8.83. The minimum absolute atomic E-state index is 0.0892. The van der Waals surface area contributed by atoms with E-state index >= 15 is 0 Å². The summed E-state index contributed by atoms with van der Waals surface area (Å²) in [5.41, 5.74) is -1.91. The van der Waals surface area contributed by atoms with E-state index < -0.39 is 11.2 Å². The van der Waals surface area contributed by atoms with E-state index in [1.54, 1.807) is 13.8 Å². The van der Waals surface area contributed by atoms with Gasteiger partial charge in [-0.15, -0.1) is 0 Å². The van der Waals surface area contributed by atoms with Gasteiger partial charge < -0.3 is 19.7 Å². The Kier molecular flexibility index (Phi) is 8.47. The molecule has 0 aliphatic rings. The Bertz CT molecular complexity index is 327. The first-order valence-corrected chi connectivity index (χ1v) is 6.43. The minimum atomic E-state index is -0.957. The molecule has 0 unspecified atom stereocenters. The SMILES string of the molecule is CC[C@@](C)(O)C#CCOCOCC#C[C@@](C)(O)CC. The molecule has 4 heteroatoms. The Balaban J connectivity index is 3.68. The third kappa shape index (κ3) is 10.6. The topological polar surface area (TPSA) is 58.9 Å². The summed E-state index contributed by atoms with van der Waals surface area (Å²) in [5, 5.41) is 19.2. The Morgan fingerprint density at radius 1 is 0.842 bits per heavy atom. The van der Waals surface area contributed by atoms with Gasteiger partial charge in [0.2, 0.25) is 0 Å². The summed E-state index contributed by atoms with van der Waals surface area (Å²) in [6.07, 6.45) is 1.15. The van der Waals surface area contributed by atoms with Gasteiger partial charge in [-0.3, -0.25) is 0 Å². The van der Waals surface area contributed by atoms with Crippen LogP contribution in [0.15, 0.2) is 0 Å². The number of rotatable bonds is 6. The molecular formula is C15H24O4. The predicted octanol–water partition coefficient (Wildman–Crippen LogP) is 1.31. The van der Waals surface area contributed by atoms with E-state index in [1.807, 2.05) is 13.8 Å². The molecule has 0 fully saturated rings. The smallest absolute Gasteiger partial charge is 0.149 e. The third-order valence-corrected chi connectivity index (χ3v) is 2.61. The lowest BCUT2D eigenvalue weighted by Gasteiger charge is -2.12. The van der Waals surface area contributed by atoms with Crippen LogP contribution < -0.4 is 0 Å². The maximum atomic E-state index is 9.59. The second kappa shape index (κ2) is 8.96. The highest BCUT2D eigenvalue weighted by atomic mass is 16.7. The number of hydrogen-bond donors (Lipinski definition) is 2. The van der Waals surface area contributed by atoms with Gasteiger partial charge in [-0.25, -0.2) is 0 Å². The summed E-state index contributed by atoms with van der Waals surface area (Å²) in [5.74, 6) is 10.8. The molecule has 108 valence electrons. The van der Waals surface area contributed by atoms with Gasteiger partial charge in [0, 0.05) is 0 Å². The van der Waals surface area contributed by atoms with Crippen LogP contribution in [0.3, 0.4) is 0 Å². The molecule has 0 aromatic carbocycles. The van der Waals surface area contributed by atoms with Crippen LogP contribution in [0.1, 0.15) is 40.5 Å². The lowest BCUT2D eigenvalue weighted by Crippen LogP contribution is -2.19. The quantitative estimate of drug-likeness (QED) is 0.433. The van der Waals surface area contributed by atoms with Gasteiger partial charge in [0.15, 0.2) is 0 Å². The molecule has 0 amide bonds. The molecule has 0 aromatic rings. The molecular weight excluding hydrogens is 244 g/mol. The zero-order chi connectivity index (χ0) is 14.8. The van der Waals surface area contributed by atoms with Crippen molar-refractivity contribution in [2.75, 3.05) is 20.0 Å². The molecule has 0 aliphatic carbocycles. The summed E-state index contributed by atoms with van der Waals surface area (Å²) in [7, 11) is 0. The van der Waals surface area contributed by atoms with Crippen LogP contribution in [0.25, 0.3) is 0 Å². The van der Waals surface area contributed by atoms with Gasteiger partial charge in [0.05, 0.1) is 0 Å². The van der Waals surface area contributed by atoms with Crippen molar-refractivity contribution in [3.8, 4) is 23.7 Å². The van der Waals surface area contributed by atoms with Crippen LogP contribution in [-0.4, -0.2) is 41.4 Å². The van der Waals surface area contributed by atoms with Crippen molar-refractivity contribution in [3.63, 3.8) is 0 Å². The fourth-order valence-corrected chi connectivity index (χ4v) is 0.874. The van der Waals surface area contributed by atoms with Crippen molar-refractivity contribution in [2.45, 2.75) is 51.7 Å². The monoisotopic (exact) mass is 268 g/mol. The van der Waals surface area contributed by atoms with Crippen molar-refractivity contribution in [1.29, 1.82) is 0 Å². The van der Waals surface area contributed by atoms with E-state index in [4.69, 9.17) is 9.47 Å². The van der Waals surface area contributed by atoms with Crippen LogP contribution in [0, 0.1) is 23.7 Å². The third-order valence-electron chi connectivity index (χ3n) is 2.61. The molecule has 0 saturated heterocycles. The molecule has 4 nitrogen and oxygen atoms in total. The highest BCUT2D eigenvalue weighted by Crippen LogP contribution is 2.05. The van der Waals surface area contributed by atoms with Gasteiger partial charge in [0.1, 0.15) is 31.2 Å². The fraction of sp³-hybridized carbons (Fsp3) is 0.733. The Labute approximate surface area is 116 Å². The van der Waals surface area contributed by atoms with Crippen molar-refractivity contribution >= 4 is 0 Å². The van der Waals surface area contributed by atoms with E-state index in [0.29, 0.717) is 12.8 Å². The van der Waals surface area contributed by atoms with Crippen molar-refractivity contribution in [3.05, 3.63) is 0 Å². The molecule has 2 atom stereocenters. The summed E-state index contributed by atoms with van der Waals surface area (Å²) >= 11 is 0. The summed E-state index contributed by atoms with van der Waals surface area (Å²) in [4.78, 5) is 0. The standard InChI is InChI=1S/C15H24O4/c1-5-14(3,16)9-7-11-18-13-19-12-8-10-15(4,17)6-2/h16-17H,5-6,11-13H2,1-4H3/t14-,15+. The van der Waals surface area contributed by atoms with Gasteiger partial charge >= 0.3 is 0 Å². The zero-order valence-corrected chi connectivity index (χ0v) is 12.2. The van der Waals surface area contributed by atoms with E-state index in [0.717, 1.165) is 0 Å². The van der Waals surface area contributed by atoms with Crippen molar-refractivity contribution < 1.29 is 19.7 Å². The molecule has 0 heterocycles. The molecule has 2 N–H and O–H groups in total. The zero-order valence-electron chi connectivity index (χ0n) is 12.2. The normalized spacial score (nSPS) is 16.3. The van der Waals surface area contributed by atoms with Crippen LogP contribution in [0.5, 0.6) is 0 Å². The van der Waals surface area contributed by atoms with Crippen molar-refractivity contribution in [1.82, 2.24) is 0 Å². The molecule has 0 bridgehead atoms. The largest absolute Gasteiger partial charge is 0.378 e. The highest BCUT2D eigenvalue weighted by Gasteiger charge is 2.12. The molecule has 0 spiro atoms. The van der Waals surface area contributed by atoms with Crippen LogP contribution in [0.2, 0.25) is 0 Å². The van der Waals surface area contributed by atoms with Gasteiger partial charge in [-0.2, -0.15) is 0 Å². The second-order valence-electron chi connectivity index (χ2n) is 4.67. The molecule has 0 aliphatic heterocycles. The van der Waals surface area contributed by atoms with E-state index in [1.165, 1.54) is 0 Å². The Morgan fingerprint density at radius 3 is 1.53 bits per heavy atom. The van der Waals surface area contributed by atoms with Gasteiger partial charge in [0.25, 0.3) is 0 Å². The number of hydrogen-bond acceptors (Lipinski definition) is 4. The Morgan fingerprint density at radius 2 is 1.21 bits per heavy atom. The molecule has 0 aromatic heterocycles. The molecule has 19 heavy (non-hydrogen) atoms. The number of ether oxygens (including phenoxy) is 2. The first-order valence-electron chi connectivity index (χ1n) is 6.43. The van der Waals surface area contributed by atoms with Gasteiger partial charge in [-0.1, -0.05) is 37.5 Å². The van der Waals surface area contributed by atoms with Crippen molar-refractivity contribution in [2.24, 2.45) is 0 Å². The minimum Gasteiger partial charge on any atom is -0.378 e. The average molecular weight is 268 g/mol. The highest BCUT2D eigenvalue weighted by molar-refractivity contribution is 5.12. The maximum Gasteiger partial charge on any atom is 0.149 e. The van der Waals surface area contributed by atoms with E-state index in [-0.39, 0.29) is 20.0 Å². The summed E-state index contributed by atoms with van der Waals surface area (Å²) in [6, 6.07) is 0. The van der Waals surface area contributed by atoms with E-state index in [2.05, 4.69) is 23.7 Å². The predicted molar refractivity (Wildman–Crippen MR) is 74.2 cm³/mol. The first kappa shape index (κ1) is 18.0. The summed E-state index contributed by atoms with van der Waals surface area (Å²) < 4.78 is 10.2. The van der Waals surface area contributed by atoms with Crippen LogP contribution in [-0.2, 0) is 9.47 Å². The average Bonchev–Trinajstić information content (AvgIpc) is 2.36. The fourth-order valence-electron chi connectivity index (χ4n) is 0.874. The molecule has 0 rings (SSSR count). The van der Waals surface area contributed by atoms with Gasteiger partial charge in [-0.05, 0) is 26.7 Å². The second-order valence-corrected chi connectivity index (χ2v) is 4.67. The van der Waals surface area contributed by atoms with Crippen LogP contribution >= 0.6 is 0 Å². The lowest BCUT2D eigenvalue weighted by molar-refractivity contribution is -0.0297. The molecule has 0 radical (unpaired) electrons. The maximum absolute atomic E-state index is 9.59. The Hall–Kier alpha value is -1.04.